The van der Waals surface area contributed by atoms with Crippen LogP contribution < -0.4 is 5.32 Å². The van der Waals surface area contributed by atoms with Crippen molar-refractivity contribution >= 4 is 24.8 Å². The van der Waals surface area contributed by atoms with Crippen molar-refractivity contribution in [3.63, 3.8) is 0 Å². The van der Waals surface area contributed by atoms with Crippen LogP contribution in [0.5, 0.6) is 0 Å². The van der Waals surface area contributed by atoms with Crippen molar-refractivity contribution in [1.82, 2.24) is 10.2 Å². The molecule has 92 valence electrons. The van der Waals surface area contributed by atoms with Gasteiger partial charge in [-0.05, 0) is 50.7 Å². The van der Waals surface area contributed by atoms with Gasteiger partial charge in [-0.2, -0.15) is 0 Å². The first-order chi connectivity index (χ1) is 6.34. The summed E-state index contributed by atoms with van der Waals surface area (Å²) in [6.07, 6.45) is 4.26. The van der Waals surface area contributed by atoms with E-state index in [1.807, 2.05) is 0 Å². The maximum Gasteiger partial charge on any atom is 0.00224 e. The van der Waals surface area contributed by atoms with Crippen molar-refractivity contribution < 1.29 is 0 Å². The number of nitrogens with one attached hydrogen (secondary N) is 1. The molecule has 2 saturated heterocycles. The van der Waals surface area contributed by atoms with Gasteiger partial charge in [0.1, 0.15) is 0 Å². The number of hydrogen-bond donors (Lipinski definition) is 1. The van der Waals surface area contributed by atoms with Gasteiger partial charge in [-0.15, -0.1) is 24.8 Å². The summed E-state index contributed by atoms with van der Waals surface area (Å²) >= 11 is 0. The minimum absolute atomic E-state index is 0. The lowest BCUT2D eigenvalue weighted by Gasteiger charge is -2.32. The van der Waals surface area contributed by atoms with Crippen molar-refractivity contribution in [3.8, 4) is 0 Å². The second-order valence-corrected chi connectivity index (χ2v) is 4.87. The Hall–Kier alpha value is 0.500. The van der Waals surface area contributed by atoms with E-state index in [1.54, 1.807) is 0 Å². The van der Waals surface area contributed by atoms with Gasteiger partial charge in [-0.25, -0.2) is 0 Å². The Balaban J connectivity index is 0.000000980. The van der Waals surface area contributed by atoms with Crippen LogP contribution in [0.25, 0.3) is 0 Å². The fraction of sp³-hybridized carbons (Fsp3) is 1.00. The number of nitrogens with zero attached hydrogens (tertiary/aromatic N) is 1. The van der Waals surface area contributed by atoms with Crippen LogP contribution in [0.1, 0.15) is 26.2 Å². The van der Waals surface area contributed by atoms with Crippen molar-refractivity contribution in [2.75, 3.05) is 32.7 Å². The van der Waals surface area contributed by atoms with Gasteiger partial charge in [0.05, 0.1) is 0 Å². The zero-order valence-corrected chi connectivity index (χ0v) is 11.2. The molecule has 4 heteroatoms. The summed E-state index contributed by atoms with van der Waals surface area (Å²) < 4.78 is 0. The predicted octanol–water partition coefficient (Wildman–Crippen LogP) is 2.17. The van der Waals surface area contributed by atoms with Crippen LogP contribution in [0.15, 0.2) is 0 Å². The van der Waals surface area contributed by atoms with Gasteiger partial charge in [-0.1, -0.05) is 6.92 Å². The summed E-state index contributed by atoms with van der Waals surface area (Å²) in [6, 6.07) is 0. The van der Waals surface area contributed by atoms with Gasteiger partial charge in [-0.3, -0.25) is 0 Å². The fourth-order valence-corrected chi connectivity index (χ4v) is 2.69. The molecule has 2 heterocycles. The number of rotatable bonds is 2. The topological polar surface area (TPSA) is 15.3 Å². The Morgan fingerprint density at radius 1 is 1.27 bits per heavy atom. The summed E-state index contributed by atoms with van der Waals surface area (Å²) in [5.41, 5.74) is 0. The summed E-state index contributed by atoms with van der Waals surface area (Å²) in [5, 5.41) is 3.45. The molecule has 0 radical (unpaired) electrons. The number of piperidine rings is 1. The second-order valence-electron chi connectivity index (χ2n) is 4.87. The smallest absolute Gasteiger partial charge is 0.00224 e. The highest BCUT2D eigenvalue weighted by atomic mass is 35.5. The summed E-state index contributed by atoms with van der Waals surface area (Å²) in [5.74, 6) is 1.87. The van der Waals surface area contributed by atoms with E-state index in [0.717, 1.165) is 11.8 Å². The minimum Gasteiger partial charge on any atom is -0.316 e. The SMILES string of the molecule is CC1CCCN(CC2CCNC2)C1.Cl.Cl. The molecule has 0 aromatic heterocycles. The van der Waals surface area contributed by atoms with Crippen molar-refractivity contribution in [1.29, 1.82) is 0 Å². The van der Waals surface area contributed by atoms with Crippen LogP contribution >= 0.6 is 24.8 Å². The van der Waals surface area contributed by atoms with Crippen molar-refractivity contribution in [2.45, 2.75) is 26.2 Å². The van der Waals surface area contributed by atoms with E-state index >= 15 is 0 Å². The second kappa shape index (κ2) is 7.72. The largest absolute Gasteiger partial charge is 0.316 e. The van der Waals surface area contributed by atoms with Gasteiger partial charge >= 0.3 is 0 Å². The Kier molecular flexibility index (Phi) is 7.98. The molecule has 0 aliphatic carbocycles. The van der Waals surface area contributed by atoms with E-state index in [0.29, 0.717) is 0 Å². The zero-order chi connectivity index (χ0) is 9.10. The Morgan fingerprint density at radius 2 is 2.07 bits per heavy atom. The first-order valence-electron chi connectivity index (χ1n) is 5.77. The first kappa shape index (κ1) is 15.5. The van der Waals surface area contributed by atoms with Crippen LogP contribution in [-0.4, -0.2) is 37.6 Å². The van der Waals surface area contributed by atoms with Crippen LogP contribution in [0.4, 0.5) is 0 Å². The van der Waals surface area contributed by atoms with E-state index in [2.05, 4.69) is 17.1 Å². The molecule has 15 heavy (non-hydrogen) atoms. The third kappa shape index (κ3) is 4.90. The van der Waals surface area contributed by atoms with Crippen LogP contribution in [0, 0.1) is 11.8 Å². The number of hydrogen-bond acceptors (Lipinski definition) is 2. The van der Waals surface area contributed by atoms with Crippen LogP contribution in [0.3, 0.4) is 0 Å². The Bertz CT molecular complexity index is 161. The van der Waals surface area contributed by atoms with Gasteiger partial charge in [0.25, 0.3) is 0 Å². The summed E-state index contributed by atoms with van der Waals surface area (Å²) in [4.78, 5) is 2.67. The lowest BCUT2D eigenvalue weighted by molar-refractivity contribution is 0.163. The highest BCUT2D eigenvalue weighted by molar-refractivity contribution is 5.85. The fourth-order valence-electron chi connectivity index (χ4n) is 2.69. The highest BCUT2D eigenvalue weighted by Crippen LogP contribution is 2.18. The summed E-state index contributed by atoms with van der Waals surface area (Å²) in [6.45, 7) is 8.92. The molecule has 1 N–H and O–H groups in total. The summed E-state index contributed by atoms with van der Waals surface area (Å²) in [7, 11) is 0. The van der Waals surface area contributed by atoms with Gasteiger partial charge in [0, 0.05) is 13.1 Å². The van der Waals surface area contributed by atoms with E-state index in [1.165, 1.54) is 52.0 Å². The van der Waals surface area contributed by atoms with Gasteiger partial charge in [0.2, 0.25) is 0 Å². The lowest BCUT2D eigenvalue weighted by atomic mass is 9.98. The zero-order valence-electron chi connectivity index (χ0n) is 9.58. The van der Waals surface area contributed by atoms with Crippen LogP contribution in [0.2, 0.25) is 0 Å². The van der Waals surface area contributed by atoms with E-state index in [4.69, 9.17) is 0 Å². The molecule has 2 aliphatic heterocycles. The lowest BCUT2D eigenvalue weighted by Crippen LogP contribution is -2.38. The molecular formula is C11H24Cl2N2. The van der Waals surface area contributed by atoms with E-state index < -0.39 is 0 Å². The molecule has 2 rings (SSSR count). The molecule has 0 spiro atoms. The predicted molar refractivity (Wildman–Crippen MR) is 70.3 cm³/mol. The third-order valence-electron chi connectivity index (χ3n) is 3.42. The van der Waals surface area contributed by atoms with Gasteiger partial charge < -0.3 is 10.2 Å². The molecule has 2 fully saturated rings. The monoisotopic (exact) mass is 254 g/mol. The van der Waals surface area contributed by atoms with Crippen molar-refractivity contribution in [2.24, 2.45) is 11.8 Å². The third-order valence-corrected chi connectivity index (χ3v) is 3.42. The van der Waals surface area contributed by atoms with E-state index in [9.17, 15) is 0 Å². The molecule has 2 nitrogen and oxygen atoms in total. The average Bonchev–Trinajstić information content (AvgIpc) is 2.57. The quantitative estimate of drug-likeness (QED) is 0.813. The normalized spacial score (nSPS) is 31.8. The molecular weight excluding hydrogens is 231 g/mol. The molecule has 0 aromatic rings. The average molecular weight is 255 g/mol. The molecule has 0 amide bonds. The molecule has 0 bridgehead atoms. The maximum absolute atomic E-state index is 3.45. The highest BCUT2D eigenvalue weighted by Gasteiger charge is 2.21. The van der Waals surface area contributed by atoms with Gasteiger partial charge in [0.15, 0.2) is 0 Å². The number of likely N-dealkylation sites (tertiary alicyclic amines) is 1. The standard InChI is InChI=1S/C11H22N2.2ClH/c1-10-3-2-6-13(8-10)9-11-4-5-12-7-11;;/h10-12H,2-9H2,1H3;2*1H. The molecule has 2 unspecified atom stereocenters. The van der Waals surface area contributed by atoms with Crippen molar-refractivity contribution in [3.05, 3.63) is 0 Å². The molecule has 2 aliphatic rings. The molecule has 0 aromatic carbocycles. The Morgan fingerprint density at radius 3 is 2.67 bits per heavy atom. The molecule has 0 saturated carbocycles. The van der Waals surface area contributed by atoms with Crippen LogP contribution in [-0.2, 0) is 0 Å². The minimum atomic E-state index is 0. The molecule has 2 atom stereocenters. The van der Waals surface area contributed by atoms with E-state index in [-0.39, 0.29) is 24.8 Å². The first-order valence-corrected chi connectivity index (χ1v) is 5.77. The number of halogens is 2. The Labute approximate surface area is 106 Å². The maximum atomic E-state index is 3.45.